The van der Waals surface area contributed by atoms with Crippen LogP contribution in [0.4, 0.5) is 5.69 Å². The molecule has 0 atom stereocenters. The molecule has 5 heteroatoms. The highest BCUT2D eigenvalue weighted by molar-refractivity contribution is 6.32. The highest BCUT2D eigenvalue weighted by atomic mass is 35.5. The van der Waals surface area contributed by atoms with Crippen LogP contribution in [0.15, 0.2) is 18.3 Å². The minimum atomic E-state index is 0.359. The van der Waals surface area contributed by atoms with Gasteiger partial charge in [0.2, 0.25) is 0 Å². The number of aromatic nitrogens is 2. The Bertz CT molecular complexity index is 449. The van der Waals surface area contributed by atoms with Gasteiger partial charge < -0.3 is 15.9 Å². The van der Waals surface area contributed by atoms with E-state index in [-0.39, 0.29) is 0 Å². The van der Waals surface area contributed by atoms with Crippen molar-refractivity contribution in [3.63, 3.8) is 0 Å². The van der Waals surface area contributed by atoms with Gasteiger partial charge in [-0.15, -0.1) is 0 Å². The SMILES string of the molecule is NCc1nc(Cl)c2cc(N)ccn12. The van der Waals surface area contributed by atoms with Gasteiger partial charge in [0.15, 0.2) is 5.15 Å². The zero-order chi connectivity index (χ0) is 9.42. The quantitative estimate of drug-likeness (QED) is 0.716. The summed E-state index contributed by atoms with van der Waals surface area (Å²) in [5.74, 6) is 0.736. The Kier molecular flexibility index (Phi) is 1.86. The summed E-state index contributed by atoms with van der Waals surface area (Å²) in [4.78, 5) is 4.10. The first kappa shape index (κ1) is 8.34. The number of anilines is 1. The number of nitrogens with two attached hydrogens (primary N) is 2. The van der Waals surface area contributed by atoms with Crippen LogP contribution in [0.3, 0.4) is 0 Å². The molecule has 2 aromatic heterocycles. The third-order valence-corrected chi connectivity index (χ3v) is 2.16. The van der Waals surface area contributed by atoms with E-state index in [1.54, 1.807) is 12.1 Å². The maximum absolute atomic E-state index is 5.89. The third-order valence-electron chi connectivity index (χ3n) is 1.88. The molecule has 2 heterocycles. The van der Waals surface area contributed by atoms with Gasteiger partial charge in [-0.25, -0.2) is 4.98 Å². The summed E-state index contributed by atoms with van der Waals surface area (Å²) in [6, 6.07) is 3.55. The Morgan fingerprint density at radius 2 is 2.31 bits per heavy atom. The Morgan fingerprint density at radius 3 is 3.00 bits per heavy atom. The number of rotatable bonds is 1. The molecule has 0 fully saturated rings. The zero-order valence-electron chi connectivity index (χ0n) is 6.87. The summed E-state index contributed by atoms with van der Waals surface area (Å²) in [5.41, 5.74) is 12.6. The molecule has 0 bridgehead atoms. The molecule has 0 radical (unpaired) electrons. The Labute approximate surface area is 80.1 Å². The largest absolute Gasteiger partial charge is 0.399 e. The molecule has 0 amide bonds. The van der Waals surface area contributed by atoms with Gasteiger partial charge in [0.05, 0.1) is 12.1 Å². The number of nitrogens with zero attached hydrogens (tertiary/aromatic N) is 2. The molecule has 68 valence electrons. The van der Waals surface area contributed by atoms with Crippen molar-refractivity contribution < 1.29 is 0 Å². The molecule has 0 spiro atoms. The van der Waals surface area contributed by atoms with Gasteiger partial charge in [-0.3, -0.25) is 0 Å². The van der Waals surface area contributed by atoms with E-state index in [0.29, 0.717) is 17.4 Å². The van der Waals surface area contributed by atoms with E-state index in [1.807, 2.05) is 10.6 Å². The van der Waals surface area contributed by atoms with Gasteiger partial charge in [0.25, 0.3) is 0 Å². The van der Waals surface area contributed by atoms with E-state index in [2.05, 4.69) is 4.98 Å². The van der Waals surface area contributed by atoms with E-state index >= 15 is 0 Å². The topological polar surface area (TPSA) is 69.3 Å². The predicted molar refractivity (Wildman–Crippen MR) is 52.5 cm³/mol. The average Bonchev–Trinajstić information content (AvgIpc) is 2.43. The molecule has 0 saturated heterocycles. The van der Waals surface area contributed by atoms with Crippen LogP contribution in [-0.2, 0) is 6.54 Å². The summed E-state index contributed by atoms with van der Waals surface area (Å²) in [6.07, 6.45) is 1.81. The minimum Gasteiger partial charge on any atom is -0.399 e. The van der Waals surface area contributed by atoms with Gasteiger partial charge in [-0.05, 0) is 12.1 Å². The van der Waals surface area contributed by atoms with Gasteiger partial charge in [0.1, 0.15) is 5.82 Å². The lowest BCUT2D eigenvalue weighted by atomic mass is 10.4. The van der Waals surface area contributed by atoms with Gasteiger partial charge >= 0.3 is 0 Å². The lowest BCUT2D eigenvalue weighted by Crippen LogP contribution is -2.02. The first-order chi connectivity index (χ1) is 6.22. The van der Waals surface area contributed by atoms with E-state index in [4.69, 9.17) is 23.1 Å². The maximum atomic E-state index is 5.89. The zero-order valence-corrected chi connectivity index (χ0v) is 7.62. The fourth-order valence-corrected chi connectivity index (χ4v) is 1.51. The maximum Gasteiger partial charge on any atom is 0.155 e. The summed E-state index contributed by atoms with van der Waals surface area (Å²) in [5, 5.41) is 0.438. The number of fused-ring (bicyclic) bond motifs is 1. The number of hydrogen-bond donors (Lipinski definition) is 2. The third kappa shape index (κ3) is 1.24. The number of pyridine rings is 1. The van der Waals surface area contributed by atoms with E-state index in [9.17, 15) is 0 Å². The molecule has 0 aromatic carbocycles. The number of hydrogen-bond acceptors (Lipinski definition) is 3. The van der Waals surface area contributed by atoms with Gasteiger partial charge in [-0.2, -0.15) is 0 Å². The van der Waals surface area contributed by atoms with Crippen LogP contribution in [0.2, 0.25) is 5.15 Å². The molecular formula is C8H9ClN4. The van der Waals surface area contributed by atoms with Crippen molar-refractivity contribution in [2.75, 3.05) is 5.73 Å². The molecule has 2 aromatic rings. The summed E-state index contributed by atoms with van der Waals surface area (Å²) < 4.78 is 1.83. The number of halogens is 1. The molecule has 4 nitrogen and oxygen atoms in total. The van der Waals surface area contributed by atoms with Crippen molar-refractivity contribution >= 4 is 22.8 Å². The summed E-state index contributed by atoms with van der Waals surface area (Å²) in [7, 11) is 0. The van der Waals surface area contributed by atoms with Crippen LogP contribution in [0.5, 0.6) is 0 Å². The second-order valence-corrected chi connectivity index (χ2v) is 3.10. The molecule has 2 rings (SSSR count). The first-order valence-electron chi connectivity index (χ1n) is 3.84. The second-order valence-electron chi connectivity index (χ2n) is 2.74. The lowest BCUT2D eigenvalue weighted by molar-refractivity contribution is 0.904. The number of imidazole rings is 1. The standard InChI is InChI=1S/C8H9ClN4/c9-8-6-3-5(11)1-2-13(6)7(4-10)12-8/h1-3H,4,10-11H2. The Hall–Kier alpha value is -1.26. The van der Waals surface area contributed by atoms with Crippen molar-refractivity contribution in [3.8, 4) is 0 Å². The molecule has 0 unspecified atom stereocenters. The van der Waals surface area contributed by atoms with Crippen LogP contribution in [0.25, 0.3) is 5.52 Å². The summed E-state index contributed by atoms with van der Waals surface area (Å²) >= 11 is 5.89. The monoisotopic (exact) mass is 196 g/mol. The Balaban J connectivity index is 2.80. The second kappa shape index (κ2) is 2.90. The van der Waals surface area contributed by atoms with Crippen LogP contribution >= 0.6 is 11.6 Å². The fourth-order valence-electron chi connectivity index (χ4n) is 1.27. The predicted octanol–water partition coefficient (Wildman–Crippen LogP) is 1.03. The molecule has 13 heavy (non-hydrogen) atoms. The van der Waals surface area contributed by atoms with Crippen molar-refractivity contribution in [2.24, 2.45) is 5.73 Å². The molecule has 4 N–H and O–H groups in total. The van der Waals surface area contributed by atoms with E-state index < -0.39 is 0 Å². The van der Waals surface area contributed by atoms with E-state index in [0.717, 1.165) is 11.3 Å². The number of nitrogen functional groups attached to an aromatic ring is 1. The molecule has 0 saturated carbocycles. The van der Waals surface area contributed by atoms with Crippen LogP contribution < -0.4 is 11.5 Å². The van der Waals surface area contributed by atoms with Crippen molar-refractivity contribution in [2.45, 2.75) is 6.54 Å². The lowest BCUT2D eigenvalue weighted by Gasteiger charge is -1.98. The van der Waals surface area contributed by atoms with Gasteiger partial charge in [0, 0.05) is 11.9 Å². The van der Waals surface area contributed by atoms with E-state index in [1.165, 1.54) is 0 Å². The average molecular weight is 197 g/mol. The van der Waals surface area contributed by atoms with Crippen LogP contribution in [0.1, 0.15) is 5.82 Å². The Morgan fingerprint density at radius 1 is 1.54 bits per heavy atom. The molecular weight excluding hydrogens is 188 g/mol. The molecule has 0 aliphatic rings. The van der Waals surface area contributed by atoms with Crippen molar-refractivity contribution in [3.05, 3.63) is 29.3 Å². The normalized spacial score (nSPS) is 10.9. The van der Waals surface area contributed by atoms with Crippen LogP contribution in [-0.4, -0.2) is 9.38 Å². The summed E-state index contributed by atoms with van der Waals surface area (Å²) in [6.45, 7) is 0.359. The van der Waals surface area contributed by atoms with Crippen molar-refractivity contribution in [1.82, 2.24) is 9.38 Å². The molecule has 0 aliphatic heterocycles. The smallest absolute Gasteiger partial charge is 0.155 e. The first-order valence-corrected chi connectivity index (χ1v) is 4.22. The van der Waals surface area contributed by atoms with Crippen LogP contribution in [0, 0.1) is 0 Å². The minimum absolute atomic E-state index is 0.359. The van der Waals surface area contributed by atoms with Crippen molar-refractivity contribution in [1.29, 1.82) is 0 Å². The highest BCUT2D eigenvalue weighted by Gasteiger charge is 2.07. The highest BCUT2D eigenvalue weighted by Crippen LogP contribution is 2.19. The molecule has 0 aliphatic carbocycles. The fraction of sp³-hybridized carbons (Fsp3) is 0.125. The van der Waals surface area contributed by atoms with Gasteiger partial charge in [-0.1, -0.05) is 11.6 Å².